The SMILES string of the molecule is COc1ccc2c(c1)Oc1cc(C)ccc1N=C2N1CCN(S(=O)(=O)c2ccc(F)cc2)[C@@H](C)C1. The summed E-state index contributed by atoms with van der Waals surface area (Å²) in [5.74, 6) is 2.20. The van der Waals surface area contributed by atoms with Crippen molar-refractivity contribution in [1.82, 2.24) is 9.21 Å². The van der Waals surface area contributed by atoms with Gasteiger partial charge < -0.3 is 14.4 Å². The molecule has 0 unspecified atom stereocenters. The van der Waals surface area contributed by atoms with Gasteiger partial charge in [-0.3, -0.25) is 0 Å². The molecule has 2 aliphatic rings. The van der Waals surface area contributed by atoms with E-state index >= 15 is 0 Å². The number of hydrogen-bond acceptors (Lipinski definition) is 6. The second-order valence-electron chi connectivity index (χ2n) is 8.74. The molecule has 182 valence electrons. The highest BCUT2D eigenvalue weighted by atomic mass is 32.2. The van der Waals surface area contributed by atoms with Crippen LogP contribution in [0.2, 0.25) is 0 Å². The number of rotatable bonds is 3. The smallest absolute Gasteiger partial charge is 0.243 e. The van der Waals surface area contributed by atoms with E-state index in [4.69, 9.17) is 14.5 Å². The van der Waals surface area contributed by atoms with E-state index in [0.717, 1.165) is 17.0 Å². The first-order chi connectivity index (χ1) is 16.8. The second kappa shape index (κ2) is 8.98. The number of methoxy groups -OCH3 is 1. The van der Waals surface area contributed by atoms with Crippen LogP contribution >= 0.6 is 0 Å². The molecule has 0 bridgehead atoms. The van der Waals surface area contributed by atoms with Gasteiger partial charge in [0.15, 0.2) is 5.75 Å². The number of hydrogen-bond donors (Lipinski definition) is 0. The summed E-state index contributed by atoms with van der Waals surface area (Å²) < 4.78 is 52.9. The Balaban J connectivity index is 1.49. The van der Waals surface area contributed by atoms with E-state index in [1.54, 1.807) is 7.11 Å². The predicted octanol–water partition coefficient (Wildman–Crippen LogP) is 4.72. The number of ether oxygens (including phenoxy) is 2. The molecule has 0 aromatic heterocycles. The molecule has 5 rings (SSSR count). The predicted molar refractivity (Wildman–Crippen MR) is 132 cm³/mol. The molecule has 0 aliphatic carbocycles. The Kier molecular flexibility index (Phi) is 5.98. The van der Waals surface area contributed by atoms with Crippen molar-refractivity contribution < 1.29 is 22.3 Å². The molecule has 1 fully saturated rings. The van der Waals surface area contributed by atoms with Crippen LogP contribution in [0.3, 0.4) is 0 Å². The van der Waals surface area contributed by atoms with Crippen LogP contribution in [0, 0.1) is 12.7 Å². The van der Waals surface area contributed by atoms with Gasteiger partial charge in [-0.2, -0.15) is 4.31 Å². The summed E-state index contributed by atoms with van der Waals surface area (Å²) in [4.78, 5) is 7.13. The number of sulfonamides is 1. The molecule has 35 heavy (non-hydrogen) atoms. The highest BCUT2D eigenvalue weighted by molar-refractivity contribution is 7.89. The van der Waals surface area contributed by atoms with E-state index in [0.29, 0.717) is 36.0 Å². The summed E-state index contributed by atoms with van der Waals surface area (Å²) in [6.07, 6.45) is 0. The topological polar surface area (TPSA) is 71.4 Å². The molecule has 0 radical (unpaired) electrons. The molecule has 0 spiro atoms. The van der Waals surface area contributed by atoms with Gasteiger partial charge in [0.2, 0.25) is 10.0 Å². The maximum atomic E-state index is 13.3. The van der Waals surface area contributed by atoms with Gasteiger partial charge in [0.05, 0.1) is 17.6 Å². The first-order valence-corrected chi connectivity index (χ1v) is 12.8. The summed E-state index contributed by atoms with van der Waals surface area (Å²) in [5, 5.41) is 0. The monoisotopic (exact) mass is 495 g/mol. The Hall–Kier alpha value is -3.43. The molecular weight excluding hydrogens is 469 g/mol. The summed E-state index contributed by atoms with van der Waals surface area (Å²) in [6.45, 7) is 5.01. The molecule has 0 amide bonds. The van der Waals surface area contributed by atoms with Crippen molar-refractivity contribution in [2.45, 2.75) is 24.8 Å². The van der Waals surface area contributed by atoms with Crippen molar-refractivity contribution in [2.75, 3.05) is 26.7 Å². The molecule has 0 N–H and O–H groups in total. The molecule has 9 heteroatoms. The third-order valence-electron chi connectivity index (χ3n) is 6.28. The fraction of sp³-hybridized carbons (Fsp3) is 0.269. The average molecular weight is 496 g/mol. The summed E-state index contributed by atoms with van der Waals surface area (Å²) >= 11 is 0. The van der Waals surface area contributed by atoms with Crippen LogP contribution in [0.5, 0.6) is 17.2 Å². The highest BCUT2D eigenvalue weighted by Gasteiger charge is 2.36. The van der Waals surface area contributed by atoms with E-state index in [2.05, 4.69) is 4.90 Å². The zero-order chi connectivity index (χ0) is 24.7. The van der Waals surface area contributed by atoms with Crippen LogP contribution in [-0.2, 0) is 10.0 Å². The third kappa shape index (κ3) is 4.37. The van der Waals surface area contributed by atoms with Crippen molar-refractivity contribution in [3.05, 3.63) is 77.6 Å². The van der Waals surface area contributed by atoms with Crippen molar-refractivity contribution in [3.8, 4) is 17.2 Å². The van der Waals surface area contributed by atoms with Gasteiger partial charge in [-0.05, 0) is 67.9 Å². The second-order valence-corrected chi connectivity index (χ2v) is 10.6. The Bertz CT molecular complexity index is 1410. The summed E-state index contributed by atoms with van der Waals surface area (Å²) in [6, 6.07) is 16.1. The number of benzene rings is 3. The normalized spacial score (nSPS) is 18.1. The lowest BCUT2D eigenvalue weighted by atomic mass is 10.1. The maximum absolute atomic E-state index is 13.3. The van der Waals surface area contributed by atoms with Gasteiger partial charge in [-0.15, -0.1) is 0 Å². The van der Waals surface area contributed by atoms with Gasteiger partial charge >= 0.3 is 0 Å². The quantitative estimate of drug-likeness (QED) is 0.526. The number of fused-ring (bicyclic) bond motifs is 2. The van der Waals surface area contributed by atoms with Gasteiger partial charge in [0.1, 0.15) is 28.8 Å². The molecule has 0 saturated carbocycles. The van der Waals surface area contributed by atoms with Crippen LogP contribution in [0.1, 0.15) is 18.1 Å². The fourth-order valence-electron chi connectivity index (χ4n) is 4.46. The van der Waals surface area contributed by atoms with E-state index < -0.39 is 15.8 Å². The zero-order valence-electron chi connectivity index (χ0n) is 19.7. The Morgan fingerprint density at radius 1 is 1.03 bits per heavy atom. The van der Waals surface area contributed by atoms with E-state index in [1.807, 2.05) is 50.2 Å². The van der Waals surface area contributed by atoms with Gasteiger partial charge in [0.25, 0.3) is 0 Å². The van der Waals surface area contributed by atoms with Crippen LogP contribution < -0.4 is 9.47 Å². The fourth-order valence-corrected chi connectivity index (χ4v) is 6.07. The molecular formula is C26H26FN3O4S. The number of aryl methyl sites for hydroxylation is 1. The van der Waals surface area contributed by atoms with Crippen LogP contribution in [0.15, 0.2) is 70.6 Å². The summed E-state index contributed by atoms with van der Waals surface area (Å²) in [7, 11) is -2.15. The highest BCUT2D eigenvalue weighted by Crippen LogP contribution is 2.40. The molecule has 3 aromatic rings. The number of aliphatic imine (C=N–C) groups is 1. The van der Waals surface area contributed by atoms with E-state index in [9.17, 15) is 12.8 Å². The number of nitrogens with zero attached hydrogens (tertiary/aromatic N) is 3. The van der Waals surface area contributed by atoms with Crippen molar-refractivity contribution in [1.29, 1.82) is 0 Å². The van der Waals surface area contributed by atoms with E-state index in [1.165, 1.54) is 28.6 Å². The first kappa shape index (κ1) is 23.3. The number of amidine groups is 1. The first-order valence-electron chi connectivity index (χ1n) is 11.3. The zero-order valence-corrected chi connectivity index (χ0v) is 20.5. The third-order valence-corrected chi connectivity index (χ3v) is 8.31. The number of halogens is 1. The molecule has 2 aliphatic heterocycles. The molecule has 1 saturated heterocycles. The largest absolute Gasteiger partial charge is 0.497 e. The van der Waals surface area contributed by atoms with Gasteiger partial charge in [-0.25, -0.2) is 17.8 Å². The maximum Gasteiger partial charge on any atom is 0.243 e. The lowest BCUT2D eigenvalue weighted by Gasteiger charge is -2.40. The minimum atomic E-state index is -3.75. The lowest BCUT2D eigenvalue weighted by Crippen LogP contribution is -2.55. The minimum absolute atomic E-state index is 0.0844. The molecule has 1 atom stereocenters. The standard InChI is InChI=1S/C26H26FN3O4S/c1-17-4-11-23-25(14-17)34-24-15-20(33-3)7-10-22(24)26(28-23)29-12-13-30(18(2)16-29)35(31,32)21-8-5-19(27)6-9-21/h4-11,14-15,18H,12-13,16H2,1-3H3/t18-/m0/s1. The molecule has 7 nitrogen and oxygen atoms in total. The average Bonchev–Trinajstić information content (AvgIpc) is 2.99. The Morgan fingerprint density at radius 3 is 2.51 bits per heavy atom. The van der Waals surface area contributed by atoms with Gasteiger partial charge in [0, 0.05) is 31.7 Å². The number of piperazine rings is 1. The van der Waals surface area contributed by atoms with Crippen molar-refractivity contribution >= 4 is 21.5 Å². The molecule has 3 aromatic carbocycles. The van der Waals surface area contributed by atoms with Crippen molar-refractivity contribution in [3.63, 3.8) is 0 Å². The van der Waals surface area contributed by atoms with E-state index in [-0.39, 0.29) is 17.5 Å². The van der Waals surface area contributed by atoms with Crippen LogP contribution in [0.25, 0.3) is 0 Å². The Labute approximate surface area is 204 Å². The van der Waals surface area contributed by atoms with Crippen LogP contribution in [-0.4, -0.2) is 56.2 Å². The Morgan fingerprint density at radius 2 is 1.80 bits per heavy atom. The van der Waals surface area contributed by atoms with Gasteiger partial charge in [-0.1, -0.05) is 6.07 Å². The summed E-state index contributed by atoms with van der Waals surface area (Å²) in [5.41, 5.74) is 2.57. The van der Waals surface area contributed by atoms with Crippen LogP contribution in [0.4, 0.5) is 10.1 Å². The molecule has 2 heterocycles. The lowest BCUT2D eigenvalue weighted by molar-refractivity contribution is 0.205. The minimum Gasteiger partial charge on any atom is -0.497 e. The van der Waals surface area contributed by atoms with Crippen molar-refractivity contribution in [2.24, 2.45) is 4.99 Å².